The van der Waals surface area contributed by atoms with Crippen LogP contribution in [-0.4, -0.2) is 30.6 Å². The number of hydrogen-bond donors (Lipinski definition) is 2. The summed E-state index contributed by atoms with van der Waals surface area (Å²) in [5, 5.41) is 4.63. The first kappa shape index (κ1) is 17.5. The number of amides is 3. The Bertz CT molecular complexity index is 609. The van der Waals surface area contributed by atoms with Crippen LogP contribution in [0.1, 0.15) is 47.3 Å². The molecule has 0 unspecified atom stereocenters. The van der Waals surface area contributed by atoms with Gasteiger partial charge < -0.3 is 10.1 Å². The minimum Gasteiger partial charge on any atom is -0.451 e. The largest absolute Gasteiger partial charge is 0.451 e. The number of hydrogen-bond acceptors (Lipinski definition) is 5. The van der Waals surface area contributed by atoms with Gasteiger partial charge in [-0.05, 0) is 50.7 Å². The summed E-state index contributed by atoms with van der Waals surface area (Å²) < 4.78 is 4.98. The average Bonchev–Trinajstić information content (AvgIpc) is 2.86. The Morgan fingerprint density at radius 2 is 2.13 bits per heavy atom. The molecule has 1 heterocycles. The van der Waals surface area contributed by atoms with E-state index in [1.54, 1.807) is 13.8 Å². The highest BCUT2D eigenvalue weighted by Gasteiger charge is 2.22. The molecule has 7 heteroatoms. The van der Waals surface area contributed by atoms with Crippen molar-refractivity contribution in [2.45, 2.75) is 46.1 Å². The molecule has 1 aliphatic rings. The van der Waals surface area contributed by atoms with E-state index in [0.29, 0.717) is 10.8 Å². The molecule has 0 bridgehead atoms. The van der Waals surface area contributed by atoms with Crippen molar-refractivity contribution < 1.29 is 19.1 Å². The molecule has 0 fully saturated rings. The van der Waals surface area contributed by atoms with Crippen LogP contribution in [0.15, 0.2) is 6.07 Å². The molecule has 1 atom stereocenters. The number of urea groups is 1. The van der Waals surface area contributed by atoms with Gasteiger partial charge in [0.15, 0.2) is 6.61 Å². The van der Waals surface area contributed by atoms with E-state index in [0.717, 1.165) is 19.3 Å². The topological polar surface area (TPSA) is 84.5 Å². The van der Waals surface area contributed by atoms with Crippen molar-refractivity contribution in [1.29, 1.82) is 0 Å². The van der Waals surface area contributed by atoms with Crippen LogP contribution in [-0.2, 0) is 22.4 Å². The number of rotatable bonds is 4. The fourth-order valence-electron chi connectivity index (χ4n) is 2.47. The predicted molar refractivity (Wildman–Crippen MR) is 87.6 cm³/mol. The first-order valence-corrected chi connectivity index (χ1v) is 8.56. The number of esters is 1. The van der Waals surface area contributed by atoms with Gasteiger partial charge in [0.2, 0.25) is 0 Å². The van der Waals surface area contributed by atoms with Crippen LogP contribution in [0.25, 0.3) is 0 Å². The van der Waals surface area contributed by atoms with E-state index < -0.39 is 24.5 Å². The zero-order chi connectivity index (χ0) is 17.0. The van der Waals surface area contributed by atoms with Crippen LogP contribution >= 0.6 is 11.3 Å². The normalized spacial score (nSPS) is 16.6. The summed E-state index contributed by atoms with van der Waals surface area (Å²) in [7, 11) is 0. The molecule has 0 saturated carbocycles. The van der Waals surface area contributed by atoms with Crippen LogP contribution in [0, 0.1) is 5.92 Å². The van der Waals surface area contributed by atoms with Crippen molar-refractivity contribution in [3.8, 4) is 0 Å². The third-order valence-corrected chi connectivity index (χ3v) is 4.75. The second-order valence-corrected chi connectivity index (χ2v) is 7.30. The van der Waals surface area contributed by atoms with Crippen molar-refractivity contribution in [3.63, 3.8) is 0 Å². The van der Waals surface area contributed by atoms with Gasteiger partial charge in [0, 0.05) is 10.9 Å². The summed E-state index contributed by atoms with van der Waals surface area (Å²) in [5.41, 5.74) is 1.21. The molecule has 1 aromatic rings. The lowest BCUT2D eigenvalue weighted by molar-refractivity contribution is -0.123. The predicted octanol–water partition coefficient (Wildman–Crippen LogP) is 2.26. The lowest BCUT2D eigenvalue weighted by Crippen LogP contribution is -2.44. The van der Waals surface area contributed by atoms with Crippen LogP contribution in [0.5, 0.6) is 0 Å². The Balaban J connectivity index is 1.83. The van der Waals surface area contributed by atoms with Gasteiger partial charge in [-0.3, -0.25) is 10.1 Å². The van der Waals surface area contributed by atoms with Gasteiger partial charge in [-0.25, -0.2) is 9.59 Å². The monoisotopic (exact) mass is 338 g/mol. The summed E-state index contributed by atoms with van der Waals surface area (Å²) in [5.74, 6) is -0.533. The van der Waals surface area contributed by atoms with Gasteiger partial charge in [0.1, 0.15) is 4.88 Å². The molecular formula is C16H22N2O4S. The standard InChI is InChI=1S/C16H22N2O4S/c1-9(2)17-16(21)18-14(19)8-22-15(20)13-7-11-6-10(3)4-5-12(11)23-13/h7,9-10H,4-6,8H2,1-3H3,(H2,17,18,19,21)/t10-/m0/s1. The first-order chi connectivity index (χ1) is 10.8. The highest BCUT2D eigenvalue weighted by atomic mass is 32.1. The number of carbonyl (C=O) groups excluding carboxylic acids is 3. The van der Waals surface area contributed by atoms with E-state index in [4.69, 9.17) is 4.74 Å². The van der Waals surface area contributed by atoms with Gasteiger partial charge >= 0.3 is 12.0 Å². The summed E-state index contributed by atoms with van der Waals surface area (Å²) in [4.78, 5) is 36.7. The van der Waals surface area contributed by atoms with E-state index in [1.165, 1.54) is 21.8 Å². The summed E-state index contributed by atoms with van der Waals surface area (Å²) >= 11 is 1.43. The van der Waals surface area contributed by atoms with Crippen molar-refractivity contribution in [2.75, 3.05) is 6.61 Å². The Kier molecular flexibility index (Phi) is 5.76. The maximum atomic E-state index is 12.0. The molecule has 3 amide bonds. The number of ether oxygens (including phenoxy) is 1. The smallest absolute Gasteiger partial charge is 0.348 e. The van der Waals surface area contributed by atoms with Crippen LogP contribution in [0.3, 0.4) is 0 Å². The highest BCUT2D eigenvalue weighted by molar-refractivity contribution is 7.14. The third-order valence-electron chi connectivity index (χ3n) is 3.54. The van der Waals surface area contributed by atoms with Crippen molar-refractivity contribution in [2.24, 2.45) is 5.92 Å². The number of carbonyl (C=O) groups is 3. The van der Waals surface area contributed by atoms with Crippen molar-refractivity contribution in [1.82, 2.24) is 10.6 Å². The second kappa shape index (κ2) is 7.59. The zero-order valence-electron chi connectivity index (χ0n) is 13.6. The zero-order valence-corrected chi connectivity index (χ0v) is 14.4. The fraction of sp³-hybridized carbons (Fsp3) is 0.562. The molecule has 126 valence electrons. The maximum absolute atomic E-state index is 12.0. The van der Waals surface area contributed by atoms with Gasteiger partial charge in [-0.1, -0.05) is 6.92 Å². The number of nitrogens with one attached hydrogen (secondary N) is 2. The van der Waals surface area contributed by atoms with Gasteiger partial charge in [0.25, 0.3) is 5.91 Å². The maximum Gasteiger partial charge on any atom is 0.348 e. The van der Waals surface area contributed by atoms with Gasteiger partial charge in [-0.2, -0.15) is 0 Å². The minimum absolute atomic E-state index is 0.0785. The molecular weight excluding hydrogens is 316 g/mol. The molecule has 0 saturated heterocycles. The molecule has 0 aromatic carbocycles. The molecule has 0 radical (unpaired) electrons. The first-order valence-electron chi connectivity index (χ1n) is 7.74. The Hall–Kier alpha value is -1.89. The van der Waals surface area contributed by atoms with E-state index in [-0.39, 0.29) is 6.04 Å². The Morgan fingerprint density at radius 3 is 2.83 bits per heavy atom. The fourth-order valence-corrected chi connectivity index (χ4v) is 3.57. The quantitative estimate of drug-likeness (QED) is 0.825. The molecule has 23 heavy (non-hydrogen) atoms. The molecule has 1 aromatic heterocycles. The number of aryl methyl sites for hydroxylation is 1. The average molecular weight is 338 g/mol. The van der Waals surface area contributed by atoms with Crippen LogP contribution < -0.4 is 10.6 Å². The van der Waals surface area contributed by atoms with Crippen LogP contribution in [0.2, 0.25) is 0 Å². The number of imide groups is 1. The molecule has 1 aliphatic carbocycles. The summed E-state index contributed by atoms with van der Waals surface area (Å²) in [6, 6.07) is 1.19. The van der Waals surface area contributed by atoms with Crippen LogP contribution in [0.4, 0.5) is 4.79 Å². The lowest BCUT2D eigenvalue weighted by Gasteiger charge is -2.16. The molecule has 2 rings (SSSR count). The minimum atomic E-state index is -0.647. The highest BCUT2D eigenvalue weighted by Crippen LogP contribution is 2.32. The molecule has 0 spiro atoms. The van der Waals surface area contributed by atoms with Gasteiger partial charge in [0.05, 0.1) is 0 Å². The third kappa shape index (κ3) is 5.06. The molecule has 2 N–H and O–H groups in total. The van der Waals surface area contributed by atoms with E-state index in [2.05, 4.69) is 17.6 Å². The van der Waals surface area contributed by atoms with E-state index in [9.17, 15) is 14.4 Å². The van der Waals surface area contributed by atoms with Crippen molar-refractivity contribution >= 4 is 29.2 Å². The Labute approximate surface area is 139 Å². The lowest BCUT2D eigenvalue weighted by atomic mass is 9.90. The number of thiophene rings is 1. The van der Waals surface area contributed by atoms with E-state index >= 15 is 0 Å². The second-order valence-electron chi connectivity index (χ2n) is 6.16. The molecule has 6 nitrogen and oxygen atoms in total. The van der Waals surface area contributed by atoms with E-state index in [1.807, 2.05) is 6.07 Å². The van der Waals surface area contributed by atoms with Gasteiger partial charge in [-0.15, -0.1) is 11.3 Å². The van der Waals surface area contributed by atoms with Crippen molar-refractivity contribution in [3.05, 3.63) is 21.4 Å². The molecule has 0 aliphatic heterocycles. The SMILES string of the molecule is CC(C)NC(=O)NC(=O)COC(=O)c1cc2c(s1)CC[C@H](C)C2. The summed E-state index contributed by atoms with van der Waals surface area (Å²) in [6.07, 6.45) is 3.11. The Morgan fingerprint density at radius 1 is 1.39 bits per heavy atom. The summed E-state index contributed by atoms with van der Waals surface area (Å²) in [6.45, 7) is 5.29. The number of fused-ring (bicyclic) bond motifs is 1.